The van der Waals surface area contributed by atoms with Crippen LogP contribution in [-0.4, -0.2) is 50.1 Å². The summed E-state index contributed by atoms with van der Waals surface area (Å²) >= 11 is 0. The van der Waals surface area contributed by atoms with E-state index in [9.17, 15) is 9.59 Å². The molecule has 1 fully saturated rings. The van der Waals surface area contributed by atoms with Crippen LogP contribution in [0.15, 0.2) is 41.0 Å². The number of benzene rings is 1. The van der Waals surface area contributed by atoms with Crippen molar-refractivity contribution in [2.75, 3.05) is 37.5 Å². The molecule has 3 rings (SSSR count). The van der Waals surface area contributed by atoms with E-state index in [2.05, 4.69) is 5.32 Å². The first-order chi connectivity index (χ1) is 15.1. The number of furan rings is 1. The molecule has 32 heavy (non-hydrogen) atoms. The second-order valence-electron chi connectivity index (χ2n) is 9.82. The van der Waals surface area contributed by atoms with Crippen LogP contribution < -0.4 is 10.2 Å². The molecule has 1 atom stereocenters. The third-order valence-electron chi connectivity index (χ3n) is 5.36. The molecule has 2 aromatic rings. The summed E-state index contributed by atoms with van der Waals surface area (Å²) in [6.45, 7) is 7.72. The third-order valence-corrected chi connectivity index (χ3v) is 5.36. The lowest BCUT2D eigenvalue weighted by Crippen LogP contribution is -2.37. The van der Waals surface area contributed by atoms with Crippen molar-refractivity contribution < 1.29 is 18.7 Å². The standard InChI is InChI=1S/C25H35N3O4/c1-25(2,3)15-23(29)26-19-10-11-21(27(4)5)18(14-19)16-28(17-20-8-6-12-31-20)24(30)22-9-7-13-32-22/h7,9-11,13-14,20H,6,8,12,15-17H2,1-5H3,(H,26,29)/t20-/m0/s1. The molecule has 1 aromatic carbocycles. The summed E-state index contributed by atoms with van der Waals surface area (Å²) in [7, 11) is 3.94. The molecule has 7 heteroatoms. The lowest BCUT2D eigenvalue weighted by Gasteiger charge is -2.27. The van der Waals surface area contributed by atoms with Gasteiger partial charge in [-0.1, -0.05) is 20.8 Å². The smallest absolute Gasteiger partial charge is 0.289 e. The van der Waals surface area contributed by atoms with Crippen molar-refractivity contribution in [1.82, 2.24) is 4.90 Å². The van der Waals surface area contributed by atoms with Crippen molar-refractivity contribution in [3.8, 4) is 0 Å². The molecule has 2 amide bonds. The van der Waals surface area contributed by atoms with Crippen molar-refractivity contribution in [1.29, 1.82) is 0 Å². The number of ether oxygens (including phenoxy) is 1. The number of rotatable bonds is 8. The minimum absolute atomic E-state index is 0.0198. The molecule has 7 nitrogen and oxygen atoms in total. The van der Waals surface area contributed by atoms with Crippen LogP contribution >= 0.6 is 0 Å². The minimum Gasteiger partial charge on any atom is -0.459 e. The van der Waals surface area contributed by atoms with E-state index in [0.29, 0.717) is 25.3 Å². The molecule has 0 spiro atoms. The predicted molar refractivity (Wildman–Crippen MR) is 126 cm³/mol. The van der Waals surface area contributed by atoms with Crippen molar-refractivity contribution >= 4 is 23.2 Å². The van der Waals surface area contributed by atoms with Crippen LogP contribution in [0, 0.1) is 5.41 Å². The lowest BCUT2D eigenvalue weighted by atomic mass is 9.92. The maximum Gasteiger partial charge on any atom is 0.289 e. The number of nitrogens with zero attached hydrogens (tertiary/aromatic N) is 2. The Morgan fingerprint density at radius 1 is 1.19 bits per heavy atom. The molecule has 2 heterocycles. The summed E-state index contributed by atoms with van der Waals surface area (Å²) in [4.78, 5) is 29.4. The number of amides is 2. The molecule has 1 aromatic heterocycles. The first-order valence-electron chi connectivity index (χ1n) is 11.2. The van der Waals surface area contributed by atoms with E-state index in [0.717, 1.165) is 36.4 Å². The van der Waals surface area contributed by atoms with Crippen molar-refractivity contribution in [2.24, 2.45) is 5.41 Å². The number of hydrogen-bond donors (Lipinski definition) is 1. The molecular weight excluding hydrogens is 406 g/mol. The van der Waals surface area contributed by atoms with E-state index < -0.39 is 0 Å². The third kappa shape index (κ3) is 6.60. The van der Waals surface area contributed by atoms with Gasteiger partial charge in [0.25, 0.3) is 5.91 Å². The van der Waals surface area contributed by atoms with Gasteiger partial charge in [-0.25, -0.2) is 0 Å². The normalized spacial score (nSPS) is 16.1. The summed E-state index contributed by atoms with van der Waals surface area (Å²) in [5, 5.41) is 3.00. The number of nitrogens with one attached hydrogen (secondary N) is 1. The molecule has 0 saturated carbocycles. The molecule has 1 aliphatic heterocycles. The van der Waals surface area contributed by atoms with Crippen molar-refractivity contribution in [2.45, 2.75) is 52.7 Å². The number of carbonyl (C=O) groups excluding carboxylic acids is 2. The first-order valence-corrected chi connectivity index (χ1v) is 11.2. The molecule has 1 aliphatic rings. The van der Waals surface area contributed by atoms with Crippen LogP contribution in [0.4, 0.5) is 11.4 Å². The largest absolute Gasteiger partial charge is 0.459 e. The fourth-order valence-corrected chi connectivity index (χ4v) is 3.93. The zero-order valence-corrected chi connectivity index (χ0v) is 19.8. The summed E-state index contributed by atoms with van der Waals surface area (Å²) < 4.78 is 11.2. The highest BCUT2D eigenvalue weighted by molar-refractivity contribution is 5.92. The van der Waals surface area contributed by atoms with Gasteiger partial charge in [0.1, 0.15) is 0 Å². The molecule has 1 saturated heterocycles. The maximum absolute atomic E-state index is 13.2. The Morgan fingerprint density at radius 3 is 2.56 bits per heavy atom. The Kier molecular flexibility index (Phi) is 7.61. The molecule has 0 radical (unpaired) electrons. The monoisotopic (exact) mass is 441 g/mol. The highest BCUT2D eigenvalue weighted by atomic mass is 16.5. The number of anilines is 2. The van der Waals surface area contributed by atoms with E-state index >= 15 is 0 Å². The maximum atomic E-state index is 13.2. The summed E-state index contributed by atoms with van der Waals surface area (Å²) in [5.41, 5.74) is 2.57. The van der Waals surface area contributed by atoms with E-state index in [4.69, 9.17) is 9.15 Å². The molecule has 1 N–H and O–H groups in total. The van der Waals surface area contributed by atoms with Gasteiger partial charge in [0, 0.05) is 51.6 Å². The van der Waals surface area contributed by atoms with Gasteiger partial charge >= 0.3 is 0 Å². The Bertz CT molecular complexity index is 910. The van der Waals surface area contributed by atoms with Crippen molar-refractivity contribution in [3.63, 3.8) is 0 Å². The molecule has 0 bridgehead atoms. The Balaban J connectivity index is 1.85. The van der Waals surface area contributed by atoms with Crippen LogP contribution in [-0.2, 0) is 16.1 Å². The zero-order chi connectivity index (χ0) is 23.3. The lowest BCUT2D eigenvalue weighted by molar-refractivity contribution is -0.117. The van der Waals surface area contributed by atoms with Crippen LogP contribution in [0.3, 0.4) is 0 Å². The minimum atomic E-state index is -0.169. The van der Waals surface area contributed by atoms with Crippen molar-refractivity contribution in [3.05, 3.63) is 47.9 Å². The van der Waals surface area contributed by atoms with Gasteiger partial charge in [0.15, 0.2) is 5.76 Å². The molecule has 0 aliphatic carbocycles. The number of hydrogen-bond acceptors (Lipinski definition) is 5. The SMILES string of the molecule is CN(C)c1ccc(NC(=O)CC(C)(C)C)cc1CN(C[C@@H]1CCCO1)C(=O)c1ccco1. The second kappa shape index (κ2) is 10.2. The van der Waals surface area contributed by atoms with Crippen LogP contribution in [0.25, 0.3) is 0 Å². The topological polar surface area (TPSA) is 75.0 Å². The molecule has 174 valence electrons. The van der Waals surface area contributed by atoms with Gasteiger partial charge < -0.3 is 24.3 Å². The number of carbonyl (C=O) groups is 2. The van der Waals surface area contributed by atoms with Gasteiger partial charge in [-0.3, -0.25) is 9.59 Å². The van der Waals surface area contributed by atoms with E-state index in [-0.39, 0.29) is 23.3 Å². The molecular formula is C25H35N3O4. The summed E-state index contributed by atoms with van der Waals surface area (Å²) in [6, 6.07) is 9.23. The average Bonchev–Trinajstić information content (AvgIpc) is 3.39. The van der Waals surface area contributed by atoms with Crippen LogP contribution in [0.2, 0.25) is 0 Å². The Morgan fingerprint density at radius 2 is 1.97 bits per heavy atom. The van der Waals surface area contributed by atoms with Gasteiger partial charge in [-0.2, -0.15) is 0 Å². The molecule has 0 unspecified atom stereocenters. The summed E-state index contributed by atoms with van der Waals surface area (Å²) in [5.74, 6) is 0.116. The fraction of sp³-hybridized carbons (Fsp3) is 0.520. The van der Waals surface area contributed by atoms with E-state index in [1.165, 1.54) is 6.26 Å². The van der Waals surface area contributed by atoms with Crippen LogP contribution in [0.5, 0.6) is 0 Å². The van der Waals surface area contributed by atoms with E-state index in [1.54, 1.807) is 17.0 Å². The Hall–Kier alpha value is -2.80. The first kappa shape index (κ1) is 23.9. The average molecular weight is 442 g/mol. The van der Waals surface area contributed by atoms with Gasteiger partial charge in [0.2, 0.25) is 5.91 Å². The Labute approximate surface area is 190 Å². The van der Waals surface area contributed by atoms with Gasteiger partial charge in [0.05, 0.1) is 12.4 Å². The highest BCUT2D eigenvalue weighted by Crippen LogP contribution is 2.27. The van der Waals surface area contributed by atoms with E-state index in [1.807, 2.05) is 58.0 Å². The summed E-state index contributed by atoms with van der Waals surface area (Å²) in [6.07, 6.45) is 3.90. The van der Waals surface area contributed by atoms with Crippen LogP contribution in [0.1, 0.15) is 56.2 Å². The zero-order valence-electron chi connectivity index (χ0n) is 19.8. The van der Waals surface area contributed by atoms with Gasteiger partial charge in [-0.05, 0) is 54.2 Å². The predicted octanol–water partition coefficient (Wildman–Crippen LogP) is 4.54. The fourth-order valence-electron chi connectivity index (χ4n) is 3.93. The highest BCUT2D eigenvalue weighted by Gasteiger charge is 2.26. The quantitative estimate of drug-likeness (QED) is 0.651. The van der Waals surface area contributed by atoms with Gasteiger partial charge in [-0.15, -0.1) is 0 Å². The second-order valence-corrected chi connectivity index (χ2v) is 9.82.